The van der Waals surface area contributed by atoms with Crippen LogP contribution >= 0.6 is 0 Å². The molecule has 93 valence electrons. The summed E-state index contributed by atoms with van der Waals surface area (Å²) in [5.74, 6) is 0.118. The third-order valence-electron chi connectivity index (χ3n) is 2.49. The molecule has 0 fully saturated rings. The van der Waals surface area contributed by atoms with Gasteiger partial charge >= 0.3 is 0 Å². The number of nitrogens with one attached hydrogen (secondary N) is 2. The minimum Gasteiger partial charge on any atom is -0.370 e. The molecular formula is C11H23N4O. The SMILES string of the molecule is CCN[C@H]([C]=O)CCCCN(CC)C(=N)N. The van der Waals surface area contributed by atoms with Crippen molar-refractivity contribution < 1.29 is 4.79 Å². The van der Waals surface area contributed by atoms with E-state index in [0.29, 0.717) is 0 Å². The van der Waals surface area contributed by atoms with Gasteiger partial charge in [0.2, 0.25) is 6.29 Å². The van der Waals surface area contributed by atoms with Gasteiger partial charge in [-0.05, 0) is 32.7 Å². The van der Waals surface area contributed by atoms with E-state index in [9.17, 15) is 4.79 Å². The van der Waals surface area contributed by atoms with Gasteiger partial charge in [-0.15, -0.1) is 0 Å². The maximum atomic E-state index is 10.5. The minimum atomic E-state index is -0.155. The monoisotopic (exact) mass is 227 g/mol. The summed E-state index contributed by atoms with van der Waals surface area (Å²) in [6, 6.07) is -0.155. The molecule has 0 spiro atoms. The average molecular weight is 227 g/mol. The van der Waals surface area contributed by atoms with Gasteiger partial charge in [0.25, 0.3) is 0 Å². The number of rotatable bonds is 9. The fourth-order valence-corrected chi connectivity index (χ4v) is 1.55. The van der Waals surface area contributed by atoms with Crippen molar-refractivity contribution in [1.82, 2.24) is 10.2 Å². The van der Waals surface area contributed by atoms with E-state index < -0.39 is 0 Å². The predicted octanol–water partition coefficient (Wildman–Crippen LogP) is 0.460. The largest absolute Gasteiger partial charge is 0.370 e. The molecule has 0 aliphatic heterocycles. The molecule has 0 heterocycles. The van der Waals surface area contributed by atoms with Crippen molar-refractivity contribution in [3.63, 3.8) is 0 Å². The summed E-state index contributed by atoms with van der Waals surface area (Å²) < 4.78 is 0. The maximum absolute atomic E-state index is 10.5. The Morgan fingerprint density at radius 2 is 2.19 bits per heavy atom. The molecule has 4 N–H and O–H groups in total. The lowest BCUT2D eigenvalue weighted by Crippen LogP contribution is -2.37. The van der Waals surface area contributed by atoms with Crippen LogP contribution in [0.2, 0.25) is 0 Å². The molecule has 0 bridgehead atoms. The highest BCUT2D eigenvalue weighted by molar-refractivity contribution is 5.74. The fourth-order valence-electron chi connectivity index (χ4n) is 1.55. The lowest BCUT2D eigenvalue weighted by molar-refractivity contribution is 0.406. The first-order valence-electron chi connectivity index (χ1n) is 5.85. The molecule has 16 heavy (non-hydrogen) atoms. The molecule has 0 aromatic carbocycles. The third kappa shape index (κ3) is 6.40. The smallest absolute Gasteiger partial charge is 0.216 e. The van der Waals surface area contributed by atoms with E-state index in [0.717, 1.165) is 38.9 Å². The van der Waals surface area contributed by atoms with Gasteiger partial charge in [-0.2, -0.15) is 0 Å². The number of hydrogen-bond donors (Lipinski definition) is 3. The van der Waals surface area contributed by atoms with E-state index in [2.05, 4.69) is 5.32 Å². The molecule has 0 saturated heterocycles. The summed E-state index contributed by atoms with van der Waals surface area (Å²) >= 11 is 0. The predicted molar refractivity (Wildman–Crippen MR) is 66.2 cm³/mol. The zero-order valence-electron chi connectivity index (χ0n) is 10.3. The lowest BCUT2D eigenvalue weighted by atomic mass is 10.1. The second-order valence-electron chi connectivity index (χ2n) is 3.69. The Balaban J connectivity index is 3.64. The number of unbranched alkanes of at least 4 members (excludes halogenated alkanes) is 1. The van der Waals surface area contributed by atoms with Crippen molar-refractivity contribution >= 4 is 12.2 Å². The molecule has 0 aliphatic rings. The van der Waals surface area contributed by atoms with Crippen LogP contribution in [0.25, 0.3) is 0 Å². The van der Waals surface area contributed by atoms with E-state index in [1.165, 1.54) is 0 Å². The number of nitrogens with two attached hydrogens (primary N) is 1. The van der Waals surface area contributed by atoms with Crippen molar-refractivity contribution in [3.05, 3.63) is 0 Å². The molecule has 5 heteroatoms. The van der Waals surface area contributed by atoms with Gasteiger partial charge in [-0.3, -0.25) is 10.2 Å². The van der Waals surface area contributed by atoms with Crippen LogP contribution in [0.15, 0.2) is 0 Å². The van der Waals surface area contributed by atoms with Gasteiger partial charge in [0.15, 0.2) is 5.96 Å². The van der Waals surface area contributed by atoms with Crippen LogP contribution in [0.5, 0.6) is 0 Å². The minimum absolute atomic E-state index is 0.118. The summed E-state index contributed by atoms with van der Waals surface area (Å²) in [5, 5.41) is 10.4. The number of nitrogens with zero attached hydrogens (tertiary/aromatic N) is 1. The summed E-state index contributed by atoms with van der Waals surface area (Å²) in [4.78, 5) is 12.3. The van der Waals surface area contributed by atoms with Crippen molar-refractivity contribution in [1.29, 1.82) is 5.41 Å². The van der Waals surface area contributed by atoms with Crippen LogP contribution in [-0.2, 0) is 4.79 Å². The quantitative estimate of drug-likeness (QED) is 0.303. The van der Waals surface area contributed by atoms with E-state index in [-0.39, 0.29) is 12.0 Å². The Kier molecular flexibility index (Phi) is 8.52. The maximum Gasteiger partial charge on any atom is 0.216 e. The summed E-state index contributed by atoms with van der Waals surface area (Å²) in [5.41, 5.74) is 5.40. The first kappa shape index (κ1) is 14.9. The highest BCUT2D eigenvalue weighted by Crippen LogP contribution is 2.01. The number of hydrogen-bond acceptors (Lipinski definition) is 3. The van der Waals surface area contributed by atoms with Crippen molar-refractivity contribution in [3.8, 4) is 0 Å². The van der Waals surface area contributed by atoms with Crippen molar-refractivity contribution in [2.45, 2.75) is 39.2 Å². The second kappa shape index (κ2) is 9.15. The number of likely N-dealkylation sites (N-methyl/N-ethyl adjacent to an activating group) is 1. The fraction of sp³-hybridized carbons (Fsp3) is 0.818. The molecule has 0 unspecified atom stereocenters. The molecule has 0 aromatic heterocycles. The van der Waals surface area contributed by atoms with Crippen molar-refractivity contribution in [2.24, 2.45) is 5.73 Å². The van der Waals surface area contributed by atoms with Gasteiger partial charge in [0.1, 0.15) is 0 Å². The molecular weight excluding hydrogens is 204 g/mol. The first-order valence-corrected chi connectivity index (χ1v) is 5.85. The Labute approximate surface area is 97.9 Å². The van der Waals surface area contributed by atoms with Crippen LogP contribution in [0.4, 0.5) is 0 Å². The number of guanidine groups is 1. The standard InChI is InChI=1S/C11H23N4O/c1-3-14-10(9-16)7-5-6-8-15(4-2)11(12)13/h10,14H,3-8H2,1-2H3,(H3,12,13)/t10-/m0/s1. The van der Waals surface area contributed by atoms with Crippen LogP contribution in [0, 0.1) is 5.41 Å². The zero-order valence-corrected chi connectivity index (χ0v) is 10.3. The Morgan fingerprint density at radius 1 is 1.50 bits per heavy atom. The van der Waals surface area contributed by atoms with Gasteiger partial charge in [-0.1, -0.05) is 6.92 Å². The normalized spacial score (nSPS) is 12.1. The lowest BCUT2D eigenvalue weighted by Gasteiger charge is -2.20. The highest BCUT2D eigenvalue weighted by atomic mass is 16.1. The molecule has 5 nitrogen and oxygen atoms in total. The van der Waals surface area contributed by atoms with Crippen molar-refractivity contribution in [2.75, 3.05) is 19.6 Å². The van der Waals surface area contributed by atoms with Crippen LogP contribution < -0.4 is 11.1 Å². The van der Waals surface area contributed by atoms with Gasteiger partial charge in [-0.25, -0.2) is 0 Å². The molecule has 0 amide bonds. The van der Waals surface area contributed by atoms with Gasteiger partial charge < -0.3 is 16.0 Å². The zero-order chi connectivity index (χ0) is 12.4. The van der Waals surface area contributed by atoms with Gasteiger partial charge in [0.05, 0.1) is 6.04 Å². The summed E-state index contributed by atoms with van der Waals surface area (Å²) in [6.07, 6.45) is 4.67. The first-order chi connectivity index (χ1) is 7.65. The van der Waals surface area contributed by atoms with Gasteiger partial charge in [0, 0.05) is 13.1 Å². The highest BCUT2D eigenvalue weighted by Gasteiger charge is 2.07. The topological polar surface area (TPSA) is 82.2 Å². The Hall–Kier alpha value is -1.10. The Morgan fingerprint density at radius 3 is 2.62 bits per heavy atom. The van der Waals surface area contributed by atoms with Crippen LogP contribution in [-0.4, -0.2) is 42.8 Å². The van der Waals surface area contributed by atoms with E-state index in [4.69, 9.17) is 11.1 Å². The van der Waals surface area contributed by atoms with E-state index in [1.54, 1.807) is 0 Å². The number of carbonyl (C=O) groups excluding carboxylic acids is 1. The van der Waals surface area contributed by atoms with E-state index >= 15 is 0 Å². The van der Waals surface area contributed by atoms with Crippen LogP contribution in [0.1, 0.15) is 33.1 Å². The Bertz CT molecular complexity index is 208. The average Bonchev–Trinajstić information content (AvgIpc) is 2.27. The summed E-state index contributed by atoms with van der Waals surface area (Å²) in [6.45, 7) is 6.27. The molecule has 0 saturated carbocycles. The molecule has 1 atom stereocenters. The molecule has 1 radical (unpaired) electrons. The summed E-state index contributed by atoms with van der Waals surface area (Å²) in [7, 11) is 0. The third-order valence-corrected chi connectivity index (χ3v) is 2.49. The molecule has 0 aliphatic carbocycles. The second-order valence-corrected chi connectivity index (χ2v) is 3.69. The molecule has 0 rings (SSSR count). The molecule has 0 aromatic rings. The van der Waals surface area contributed by atoms with E-state index in [1.807, 2.05) is 25.0 Å². The van der Waals surface area contributed by atoms with Crippen LogP contribution in [0.3, 0.4) is 0 Å².